The molecule has 7 heteroatoms. The molecule has 122 valence electrons. The zero-order valence-electron chi connectivity index (χ0n) is 13.1. The molecule has 0 fully saturated rings. The lowest BCUT2D eigenvalue weighted by molar-refractivity contribution is 0.0932. The zero-order valence-corrected chi connectivity index (χ0v) is 13.9. The van der Waals surface area contributed by atoms with Crippen LogP contribution in [0.15, 0.2) is 35.4 Å². The third kappa shape index (κ3) is 3.14. The van der Waals surface area contributed by atoms with Crippen molar-refractivity contribution >= 4 is 15.7 Å². The van der Waals surface area contributed by atoms with Crippen molar-refractivity contribution in [2.45, 2.75) is 30.2 Å². The summed E-state index contributed by atoms with van der Waals surface area (Å²) in [6, 6.07) is 5.95. The number of carbonyl (C=O) groups excluding carboxylic acids is 1. The Kier molecular flexibility index (Phi) is 3.97. The second-order valence-electron chi connectivity index (χ2n) is 5.89. The first-order valence-corrected chi connectivity index (χ1v) is 9.37. The van der Waals surface area contributed by atoms with Gasteiger partial charge < -0.3 is 5.32 Å². The van der Waals surface area contributed by atoms with Gasteiger partial charge in [0.2, 0.25) is 0 Å². The van der Waals surface area contributed by atoms with E-state index in [-0.39, 0.29) is 16.8 Å². The third-order valence-corrected chi connectivity index (χ3v) is 5.35. The van der Waals surface area contributed by atoms with Gasteiger partial charge in [-0.3, -0.25) is 9.48 Å². The van der Waals surface area contributed by atoms with Crippen LogP contribution in [0.25, 0.3) is 0 Å². The zero-order chi connectivity index (χ0) is 16.6. The van der Waals surface area contributed by atoms with Gasteiger partial charge in [-0.25, -0.2) is 8.42 Å². The van der Waals surface area contributed by atoms with Gasteiger partial charge in [0.25, 0.3) is 5.91 Å². The summed E-state index contributed by atoms with van der Waals surface area (Å²) in [5, 5.41) is 7.29. The number of hydrogen-bond acceptors (Lipinski definition) is 4. The highest BCUT2D eigenvalue weighted by Crippen LogP contribution is 2.29. The maximum Gasteiger partial charge on any atom is 0.251 e. The van der Waals surface area contributed by atoms with E-state index < -0.39 is 9.84 Å². The van der Waals surface area contributed by atoms with E-state index in [0.717, 1.165) is 36.8 Å². The predicted molar refractivity (Wildman–Crippen MR) is 85.9 cm³/mol. The van der Waals surface area contributed by atoms with Gasteiger partial charge in [0.1, 0.15) is 0 Å². The monoisotopic (exact) mass is 333 g/mol. The van der Waals surface area contributed by atoms with Crippen molar-refractivity contribution in [2.75, 3.05) is 6.26 Å². The molecule has 0 unspecified atom stereocenters. The van der Waals surface area contributed by atoms with Gasteiger partial charge in [0.15, 0.2) is 9.84 Å². The largest absolute Gasteiger partial charge is 0.345 e. The van der Waals surface area contributed by atoms with Crippen LogP contribution in [0.5, 0.6) is 0 Å². The molecule has 0 saturated heterocycles. The van der Waals surface area contributed by atoms with E-state index in [1.807, 2.05) is 17.9 Å². The molecule has 0 aliphatic heterocycles. The summed E-state index contributed by atoms with van der Waals surface area (Å²) >= 11 is 0. The molecule has 3 rings (SSSR count). The van der Waals surface area contributed by atoms with Crippen LogP contribution in [-0.4, -0.2) is 30.4 Å². The van der Waals surface area contributed by atoms with Crippen LogP contribution in [0.2, 0.25) is 0 Å². The number of hydrogen-bond donors (Lipinski definition) is 1. The van der Waals surface area contributed by atoms with E-state index in [1.54, 1.807) is 12.1 Å². The fourth-order valence-electron chi connectivity index (χ4n) is 2.95. The second kappa shape index (κ2) is 5.81. The summed E-state index contributed by atoms with van der Waals surface area (Å²) in [4.78, 5) is 12.6. The third-order valence-electron chi connectivity index (χ3n) is 4.23. The Morgan fingerprint density at radius 1 is 1.30 bits per heavy atom. The summed E-state index contributed by atoms with van der Waals surface area (Å²) in [5.41, 5.74) is 2.68. The van der Waals surface area contributed by atoms with E-state index in [0.29, 0.717) is 5.56 Å². The highest BCUT2D eigenvalue weighted by molar-refractivity contribution is 7.90. The number of carbonyl (C=O) groups is 1. The SMILES string of the molecule is Cn1ncc2c1CCC[C@@H]2NC(=O)c1ccc(S(C)(=O)=O)cc1. The van der Waals surface area contributed by atoms with Crippen LogP contribution in [-0.2, 0) is 23.3 Å². The molecule has 1 atom stereocenters. The number of aromatic nitrogens is 2. The first-order chi connectivity index (χ1) is 10.9. The van der Waals surface area contributed by atoms with Crippen molar-refractivity contribution < 1.29 is 13.2 Å². The minimum Gasteiger partial charge on any atom is -0.345 e. The second-order valence-corrected chi connectivity index (χ2v) is 7.90. The number of amides is 1. The molecule has 1 amide bonds. The summed E-state index contributed by atoms with van der Waals surface area (Å²) in [6.07, 6.45) is 5.82. The van der Waals surface area contributed by atoms with Crippen LogP contribution in [0, 0.1) is 0 Å². The van der Waals surface area contributed by atoms with Gasteiger partial charge in [0, 0.05) is 30.1 Å². The smallest absolute Gasteiger partial charge is 0.251 e. The highest BCUT2D eigenvalue weighted by Gasteiger charge is 2.25. The van der Waals surface area contributed by atoms with Gasteiger partial charge in [-0.15, -0.1) is 0 Å². The molecule has 1 heterocycles. The minimum absolute atomic E-state index is 0.0467. The molecular formula is C16H19N3O3S. The van der Waals surface area contributed by atoms with Gasteiger partial charge in [0.05, 0.1) is 17.1 Å². The standard InChI is InChI=1S/C16H19N3O3S/c1-19-15-5-3-4-14(13(15)10-17-19)18-16(20)11-6-8-12(9-7-11)23(2,21)22/h6-10,14H,3-5H2,1-2H3,(H,18,20)/t14-/m0/s1. The van der Waals surface area contributed by atoms with Crippen molar-refractivity contribution in [3.8, 4) is 0 Å². The van der Waals surface area contributed by atoms with Crippen molar-refractivity contribution in [3.05, 3.63) is 47.3 Å². The molecule has 0 radical (unpaired) electrons. The van der Waals surface area contributed by atoms with E-state index in [4.69, 9.17) is 0 Å². The average molecular weight is 333 g/mol. The predicted octanol–water partition coefficient (Wildman–Crippen LogP) is 1.63. The van der Waals surface area contributed by atoms with Crippen LogP contribution >= 0.6 is 0 Å². The Hall–Kier alpha value is -2.15. The molecule has 6 nitrogen and oxygen atoms in total. The summed E-state index contributed by atoms with van der Waals surface area (Å²) in [7, 11) is -1.34. The van der Waals surface area contributed by atoms with Crippen LogP contribution in [0.3, 0.4) is 0 Å². The highest BCUT2D eigenvalue weighted by atomic mass is 32.2. The molecule has 1 aliphatic rings. The van der Waals surface area contributed by atoms with Crippen molar-refractivity contribution in [3.63, 3.8) is 0 Å². The van der Waals surface area contributed by atoms with E-state index in [1.165, 1.54) is 12.1 Å². The molecular weight excluding hydrogens is 314 g/mol. The first-order valence-electron chi connectivity index (χ1n) is 7.48. The van der Waals surface area contributed by atoms with E-state index >= 15 is 0 Å². The summed E-state index contributed by atoms with van der Waals surface area (Å²) < 4.78 is 24.8. The number of benzene rings is 1. The normalized spacial score (nSPS) is 17.6. The maximum atomic E-state index is 12.4. The molecule has 1 aromatic heterocycles. The Bertz CT molecular complexity index is 838. The molecule has 0 bridgehead atoms. The number of fused-ring (bicyclic) bond motifs is 1. The molecule has 23 heavy (non-hydrogen) atoms. The lowest BCUT2D eigenvalue weighted by Gasteiger charge is -2.23. The summed E-state index contributed by atoms with van der Waals surface area (Å²) in [5.74, 6) is -0.202. The quantitative estimate of drug-likeness (QED) is 0.926. The lowest BCUT2D eigenvalue weighted by Crippen LogP contribution is -2.30. The van der Waals surface area contributed by atoms with Gasteiger partial charge in [-0.2, -0.15) is 5.10 Å². The van der Waals surface area contributed by atoms with Crippen molar-refractivity contribution in [1.29, 1.82) is 0 Å². The van der Waals surface area contributed by atoms with Crippen LogP contribution in [0.1, 0.15) is 40.5 Å². The Morgan fingerprint density at radius 2 is 2.00 bits per heavy atom. The van der Waals surface area contributed by atoms with Gasteiger partial charge >= 0.3 is 0 Å². The average Bonchev–Trinajstić information content (AvgIpc) is 2.89. The number of nitrogens with zero attached hydrogens (tertiary/aromatic N) is 2. The number of aryl methyl sites for hydroxylation is 1. The fraction of sp³-hybridized carbons (Fsp3) is 0.375. The fourth-order valence-corrected chi connectivity index (χ4v) is 3.58. The molecule has 1 N–H and O–H groups in total. The topological polar surface area (TPSA) is 81.1 Å². The number of nitrogens with one attached hydrogen (secondary N) is 1. The molecule has 1 aromatic carbocycles. The molecule has 2 aromatic rings. The Morgan fingerprint density at radius 3 is 2.65 bits per heavy atom. The Balaban J connectivity index is 1.78. The van der Waals surface area contributed by atoms with Crippen molar-refractivity contribution in [1.82, 2.24) is 15.1 Å². The van der Waals surface area contributed by atoms with Crippen molar-refractivity contribution in [2.24, 2.45) is 7.05 Å². The number of rotatable bonds is 3. The molecule has 0 spiro atoms. The lowest BCUT2D eigenvalue weighted by atomic mass is 9.93. The van der Waals surface area contributed by atoms with E-state index in [2.05, 4.69) is 10.4 Å². The minimum atomic E-state index is -3.25. The first kappa shape index (κ1) is 15.7. The van der Waals surface area contributed by atoms with Gasteiger partial charge in [-0.05, 0) is 43.5 Å². The van der Waals surface area contributed by atoms with Crippen LogP contribution in [0.4, 0.5) is 0 Å². The molecule has 1 aliphatic carbocycles. The summed E-state index contributed by atoms with van der Waals surface area (Å²) in [6.45, 7) is 0. The van der Waals surface area contributed by atoms with Crippen LogP contribution < -0.4 is 5.32 Å². The van der Waals surface area contributed by atoms with Gasteiger partial charge in [-0.1, -0.05) is 0 Å². The maximum absolute atomic E-state index is 12.4. The molecule has 0 saturated carbocycles. The Labute approximate surface area is 135 Å². The van der Waals surface area contributed by atoms with E-state index in [9.17, 15) is 13.2 Å². The number of sulfone groups is 1.